The average Bonchev–Trinajstić information content (AvgIpc) is 2.82. The molecule has 2 aromatic rings. The zero-order valence-corrected chi connectivity index (χ0v) is 15.7. The van der Waals surface area contributed by atoms with Crippen LogP contribution < -0.4 is 9.24 Å². The summed E-state index contributed by atoms with van der Waals surface area (Å²) in [6, 6.07) is 6.53. The quantitative estimate of drug-likeness (QED) is 0.431. The molecule has 0 fully saturated rings. The van der Waals surface area contributed by atoms with Gasteiger partial charge in [-0.15, -0.1) is 23.1 Å². The van der Waals surface area contributed by atoms with Crippen LogP contribution in [0.25, 0.3) is 10.1 Å². The Morgan fingerprint density at radius 1 is 1.24 bits per heavy atom. The Balaban J connectivity index is 2.18. The van der Waals surface area contributed by atoms with Crippen molar-refractivity contribution in [1.82, 2.24) is 0 Å². The number of fused-ring (bicyclic) bond motifs is 3. The molecule has 0 radical (unpaired) electrons. The first kappa shape index (κ1) is 15.1. The Labute approximate surface area is 134 Å². The number of rotatable bonds is 1. The van der Waals surface area contributed by atoms with Crippen molar-refractivity contribution in [3.8, 4) is 5.75 Å². The molecule has 3 rings (SSSR count). The van der Waals surface area contributed by atoms with Gasteiger partial charge in [-0.05, 0) is 27.7 Å². The van der Waals surface area contributed by atoms with Crippen LogP contribution in [-0.4, -0.2) is 19.8 Å². The molecule has 0 spiro atoms. The van der Waals surface area contributed by atoms with E-state index in [4.69, 9.17) is 4.74 Å². The first-order chi connectivity index (χ1) is 9.70. The molecule has 21 heavy (non-hydrogen) atoms. The first-order valence-corrected chi connectivity index (χ1v) is 11.9. The molecule has 0 amide bonds. The Bertz CT molecular complexity index is 726. The maximum atomic E-state index is 11.6. The monoisotopic (exact) mass is 336 g/mol. The van der Waals surface area contributed by atoms with Gasteiger partial charge in [0.25, 0.3) is 0 Å². The zero-order valence-electron chi connectivity index (χ0n) is 13.1. The number of carbonyl (C=O) groups is 1. The minimum absolute atomic E-state index is 0.139. The molecule has 0 bridgehead atoms. The van der Waals surface area contributed by atoms with Crippen molar-refractivity contribution >= 4 is 51.7 Å². The first-order valence-electron chi connectivity index (χ1n) is 7.11. The van der Waals surface area contributed by atoms with Gasteiger partial charge >= 0.3 is 5.97 Å². The molecule has 0 N–H and O–H groups in total. The average molecular weight is 337 g/mol. The van der Waals surface area contributed by atoms with Gasteiger partial charge in [-0.25, -0.2) is 0 Å². The molecule has 0 unspecified atom stereocenters. The van der Waals surface area contributed by atoms with E-state index in [1.165, 1.54) is 9.20 Å². The van der Waals surface area contributed by atoms with Crippen molar-refractivity contribution < 1.29 is 9.53 Å². The number of ether oxygens (including phenoxy) is 1. The van der Waals surface area contributed by atoms with Crippen LogP contribution in [0.1, 0.15) is 20.8 Å². The van der Waals surface area contributed by atoms with Crippen molar-refractivity contribution in [2.45, 2.75) is 43.8 Å². The maximum Gasteiger partial charge on any atom is 0.321 e. The summed E-state index contributed by atoms with van der Waals surface area (Å²) in [5.41, 5.74) is 0. The third kappa shape index (κ3) is 2.45. The molecule has 1 aromatic carbocycles. The second-order valence-corrected chi connectivity index (χ2v) is 14.8. The highest BCUT2D eigenvalue weighted by atomic mass is 32.2. The highest BCUT2D eigenvalue weighted by Crippen LogP contribution is 2.43. The number of hydrogen-bond donors (Lipinski definition) is 0. The van der Waals surface area contributed by atoms with Crippen molar-refractivity contribution in [2.24, 2.45) is 0 Å². The Morgan fingerprint density at radius 3 is 2.62 bits per heavy atom. The maximum absolute atomic E-state index is 11.6. The largest absolute Gasteiger partial charge is 0.424 e. The molecule has 1 aliphatic rings. The lowest BCUT2D eigenvalue weighted by molar-refractivity contribution is -0.131. The van der Waals surface area contributed by atoms with Crippen LogP contribution in [0.4, 0.5) is 0 Å². The number of hydrogen-bond acceptors (Lipinski definition) is 4. The van der Waals surface area contributed by atoms with E-state index in [-0.39, 0.29) is 5.97 Å². The van der Waals surface area contributed by atoms with Crippen LogP contribution in [0.15, 0.2) is 23.1 Å². The summed E-state index contributed by atoms with van der Waals surface area (Å²) >= 11 is 3.44. The number of thiophene rings is 1. The predicted molar refractivity (Wildman–Crippen MR) is 95.0 cm³/mol. The summed E-state index contributed by atoms with van der Waals surface area (Å²) in [4.78, 5) is 12.7. The molecule has 1 aliphatic heterocycles. The van der Waals surface area contributed by atoms with Crippen LogP contribution in [0.5, 0.6) is 5.75 Å². The molecule has 1 aromatic heterocycles. The zero-order chi connectivity index (χ0) is 15.4. The van der Waals surface area contributed by atoms with Gasteiger partial charge in [0.1, 0.15) is 0 Å². The van der Waals surface area contributed by atoms with E-state index < -0.39 is 8.07 Å². The number of benzene rings is 1. The van der Waals surface area contributed by atoms with Crippen LogP contribution in [0.2, 0.25) is 18.1 Å². The Hall–Kier alpha value is -0.783. The molecule has 0 atom stereocenters. The van der Waals surface area contributed by atoms with E-state index in [1.54, 1.807) is 11.8 Å². The second-order valence-electron chi connectivity index (χ2n) is 7.05. The lowest BCUT2D eigenvalue weighted by Crippen LogP contribution is -2.47. The summed E-state index contributed by atoms with van der Waals surface area (Å²) < 4.78 is 8.22. The standard InChI is InChI=1S/C16H20O2S2Si/c1-16(2,3)21(4,5)14-8-10-11(20-14)6-7-12-15(10)18-13(17)9-19-12/h6-8H,9H2,1-5H3. The third-order valence-electron chi connectivity index (χ3n) is 4.67. The predicted octanol–water partition coefficient (Wildman–Crippen LogP) is 4.63. The molecule has 112 valence electrons. The van der Waals surface area contributed by atoms with E-state index in [9.17, 15) is 4.79 Å². The summed E-state index contributed by atoms with van der Waals surface area (Å²) in [5, 5.41) is 1.41. The minimum Gasteiger partial charge on any atom is -0.424 e. The summed E-state index contributed by atoms with van der Waals surface area (Å²) in [6.45, 7) is 11.8. The SMILES string of the molecule is CC(C)(C)[Si](C)(C)c1cc2c3c(ccc2s1)SCC(=O)O3. The number of carbonyl (C=O) groups excluding carboxylic acids is 1. The second kappa shape index (κ2) is 4.86. The van der Waals surface area contributed by atoms with Gasteiger partial charge in [-0.1, -0.05) is 33.9 Å². The highest BCUT2D eigenvalue weighted by molar-refractivity contribution is 8.00. The highest BCUT2D eigenvalue weighted by Gasteiger charge is 2.38. The summed E-state index contributed by atoms with van der Waals surface area (Å²) in [5.74, 6) is 1.05. The van der Waals surface area contributed by atoms with Crippen LogP contribution in [-0.2, 0) is 4.79 Å². The Morgan fingerprint density at radius 2 is 1.95 bits per heavy atom. The van der Waals surface area contributed by atoms with Crippen molar-refractivity contribution in [2.75, 3.05) is 5.75 Å². The van der Waals surface area contributed by atoms with E-state index >= 15 is 0 Å². The Kier molecular flexibility index (Phi) is 3.50. The van der Waals surface area contributed by atoms with Gasteiger partial charge in [0.15, 0.2) is 5.75 Å². The number of esters is 1. The number of thioether (sulfide) groups is 1. The fourth-order valence-corrected chi connectivity index (χ4v) is 7.35. The fraction of sp³-hybridized carbons (Fsp3) is 0.438. The van der Waals surface area contributed by atoms with Gasteiger partial charge in [-0.2, -0.15) is 0 Å². The van der Waals surface area contributed by atoms with Crippen LogP contribution >= 0.6 is 23.1 Å². The van der Waals surface area contributed by atoms with Gasteiger partial charge in [0.05, 0.1) is 18.7 Å². The van der Waals surface area contributed by atoms with Gasteiger partial charge in [-0.3, -0.25) is 4.79 Å². The summed E-state index contributed by atoms with van der Waals surface area (Å²) in [7, 11) is -1.56. The molecular weight excluding hydrogens is 316 g/mol. The topological polar surface area (TPSA) is 26.3 Å². The van der Waals surface area contributed by atoms with E-state index in [1.807, 2.05) is 11.3 Å². The van der Waals surface area contributed by atoms with Gasteiger partial charge in [0.2, 0.25) is 0 Å². The third-order valence-corrected chi connectivity index (χ3v) is 13.6. The molecule has 0 saturated carbocycles. The molecule has 0 aliphatic carbocycles. The van der Waals surface area contributed by atoms with E-state index in [0.29, 0.717) is 10.8 Å². The smallest absolute Gasteiger partial charge is 0.321 e. The lowest BCUT2D eigenvalue weighted by atomic mass is 10.2. The normalized spacial score (nSPS) is 16.0. The minimum atomic E-state index is -1.56. The summed E-state index contributed by atoms with van der Waals surface area (Å²) in [6.07, 6.45) is 0. The lowest BCUT2D eigenvalue weighted by Gasteiger charge is -2.35. The fourth-order valence-electron chi connectivity index (χ4n) is 2.24. The van der Waals surface area contributed by atoms with Crippen LogP contribution in [0, 0.1) is 0 Å². The molecule has 2 heterocycles. The molecule has 5 heteroatoms. The van der Waals surface area contributed by atoms with E-state index in [2.05, 4.69) is 52.1 Å². The van der Waals surface area contributed by atoms with Gasteiger partial charge in [0, 0.05) is 10.1 Å². The van der Waals surface area contributed by atoms with Crippen LogP contribution in [0.3, 0.4) is 0 Å². The van der Waals surface area contributed by atoms with E-state index in [0.717, 1.165) is 16.0 Å². The molecule has 0 saturated heterocycles. The van der Waals surface area contributed by atoms with Crippen molar-refractivity contribution in [3.63, 3.8) is 0 Å². The molecular formula is C16H20O2S2Si. The van der Waals surface area contributed by atoms with Crippen molar-refractivity contribution in [1.29, 1.82) is 0 Å². The van der Waals surface area contributed by atoms with Crippen molar-refractivity contribution in [3.05, 3.63) is 18.2 Å². The van der Waals surface area contributed by atoms with Gasteiger partial charge < -0.3 is 4.74 Å². The molecule has 2 nitrogen and oxygen atoms in total.